The lowest BCUT2D eigenvalue weighted by molar-refractivity contribution is 0.555. The molecule has 21 heavy (non-hydrogen) atoms. The van der Waals surface area contributed by atoms with Crippen molar-refractivity contribution in [1.82, 2.24) is 20.3 Å². The molecule has 2 rings (SSSR count). The average Bonchev–Trinajstić information content (AvgIpc) is 2.86. The second kappa shape index (κ2) is 6.83. The monoisotopic (exact) mass is 347 g/mol. The maximum absolute atomic E-state index is 8.92. The second-order valence-corrected chi connectivity index (χ2v) is 5.78. The summed E-state index contributed by atoms with van der Waals surface area (Å²) >= 11 is 3.49. The van der Waals surface area contributed by atoms with Crippen LogP contribution in [0.15, 0.2) is 22.7 Å². The van der Waals surface area contributed by atoms with Gasteiger partial charge in [0.05, 0.1) is 29.1 Å². The number of hydrogen-bond donors (Lipinski definition) is 1. The number of halogens is 1. The fraction of sp³-hybridized carbons (Fsp3) is 0.400. The Labute approximate surface area is 133 Å². The molecule has 0 aliphatic carbocycles. The van der Waals surface area contributed by atoms with E-state index >= 15 is 0 Å². The maximum Gasteiger partial charge on any atom is 0.103 e. The predicted octanol–water partition coefficient (Wildman–Crippen LogP) is 3.27. The van der Waals surface area contributed by atoms with Crippen molar-refractivity contribution in [3.8, 4) is 11.8 Å². The number of nitrogens with one attached hydrogen (secondary N) is 1. The van der Waals surface area contributed by atoms with Crippen LogP contribution in [-0.4, -0.2) is 21.5 Å². The molecule has 0 saturated carbocycles. The van der Waals surface area contributed by atoms with Gasteiger partial charge in [0.15, 0.2) is 0 Å². The van der Waals surface area contributed by atoms with Crippen LogP contribution in [0.5, 0.6) is 0 Å². The molecule has 1 aromatic carbocycles. The molecule has 1 atom stereocenters. The van der Waals surface area contributed by atoms with Gasteiger partial charge in [-0.2, -0.15) is 5.26 Å². The first-order valence-corrected chi connectivity index (χ1v) is 7.73. The van der Waals surface area contributed by atoms with E-state index < -0.39 is 0 Å². The zero-order chi connectivity index (χ0) is 15.4. The van der Waals surface area contributed by atoms with Crippen LogP contribution >= 0.6 is 15.9 Å². The minimum atomic E-state index is 0.163. The van der Waals surface area contributed by atoms with Gasteiger partial charge in [-0.15, -0.1) is 5.10 Å². The first-order chi connectivity index (χ1) is 10.1. The van der Waals surface area contributed by atoms with Gasteiger partial charge in [-0.05, 0) is 60.9 Å². The van der Waals surface area contributed by atoms with Crippen LogP contribution in [0.2, 0.25) is 0 Å². The van der Waals surface area contributed by atoms with E-state index in [2.05, 4.69) is 51.5 Å². The van der Waals surface area contributed by atoms with Gasteiger partial charge >= 0.3 is 0 Å². The van der Waals surface area contributed by atoms with Crippen LogP contribution < -0.4 is 5.32 Å². The van der Waals surface area contributed by atoms with Crippen molar-refractivity contribution in [3.05, 3.63) is 39.6 Å². The summed E-state index contributed by atoms with van der Waals surface area (Å²) in [7, 11) is 0. The van der Waals surface area contributed by atoms with Crippen molar-refractivity contribution < 1.29 is 0 Å². The lowest BCUT2D eigenvalue weighted by Crippen LogP contribution is -2.20. The van der Waals surface area contributed by atoms with Crippen molar-refractivity contribution >= 4 is 15.9 Å². The summed E-state index contributed by atoms with van der Waals surface area (Å²) in [5, 5.41) is 20.9. The second-order valence-electron chi connectivity index (χ2n) is 4.93. The normalized spacial score (nSPS) is 12.1. The molecule has 0 bridgehead atoms. The van der Waals surface area contributed by atoms with Crippen LogP contribution in [0.4, 0.5) is 0 Å². The summed E-state index contributed by atoms with van der Waals surface area (Å²) in [6.45, 7) is 7.18. The Morgan fingerprint density at radius 3 is 2.86 bits per heavy atom. The van der Waals surface area contributed by atoms with E-state index in [1.807, 2.05) is 13.0 Å². The number of benzene rings is 1. The highest BCUT2D eigenvalue weighted by molar-refractivity contribution is 9.10. The van der Waals surface area contributed by atoms with E-state index in [-0.39, 0.29) is 6.04 Å². The standard InChI is InChI=1S/C15H18BrN5/c1-4-7-18-10(2)15-11(3)21(20-19-15)14-6-5-12(9-17)8-13(14)16/h5-6,8,10,18H,4,7H2,1-3H3. The smallest absolute Gasteiger partial charge is 0.103 e. The van der Waals surface area contributed by atoms with Crippen LogP contribution in [-0.2, 0) is 0 Å². The Kier molecular flexibility index (Phi) is 5.10. The highest BCUT2D eigenvalue weighted by Gasteiger charge is 2.17. The van der Waals surface area contributed by atoms with Crippen molar-refractivity contribution in [2.75, 3.05) is 6.54 Å². The molecule has 2 aromatic rings. The molecule has 0 aliphatic heterocycles. The summed E-state index contributed by atoms with van der Waals surface area (Å²) in [5.41, 5.74) is 3.44. The fourth-order valence-electron chi connectivity index (χ4n) is 2.18. The lowest BCUT2D eigenvalue weighted by atomic mass is 10.2. The minimum absolute atomic E-state index is 0.163. The quantitative estimate of drug-likeness (QED) is 0.901. The van der Waals surface area contributed by atoms with Crippen LogP contribution in [0, 0.1) is 18.3 Å². The largest absolute Gasteiger partial charge is 0.309 e. The zero-order valence-corrected chi connectivity index (χ0v) is 14.0. The van der Waals surface area contributed by atoms with E-state index in [1.165, 1.54) is 0 Å². The summed E-state index contributed by atoms with van der Waals surface area (Å²) in [5.74, 6) is 0. The molecular formula is C15H18BrN5. The molecule has 1 N–H and O–H groups in total. The Bertz CT molecular complexity index is 671. The van der Waals surface area contributed by atoms with Crippen LogP contribution in [0.1, 0.15) is 43.3 Å². The van der Waals surface area contributed by atoms with Gasteiger partial charge in [0.2, 0.25) is 0 Å². The average molecular weight is 348 g/mol. The number of rotatable bonds is 5. The molecule has 0 fully saturated rings. The number of aromatic nitrogens is 3. The van der Waals surface area contributed by atoms with Gasteiger partial charge in [0, 0.05) is 4.47 Å². The Morgan fingerprint density at radius 2 is 2.24 bits per heavy atom. The molecule has 5 nitrogen and oxygen atoms in total. The fourth-order valence-corrected chi connectivity index (χ4v) is 2.72. The first kappa shape index (κ1) is 15.7. The third-order valence-electron chi connectivity index (χ3n) is 3.35. The van der Waals surface area contributed by atoms with Gasteiger partial charge in [-0.25, -0.2) is 4.68 Å². The van der Waals surface area contributed by atoms with Crippen molar-refractivity contribution in [1.29, 1.82) is 5.26 Å². The van der Waals surface area contributed by atoms with Gasteiger partial charge in [0.25, 0.3) is 0 Å². The Hall–Kier alpha value is -1.71. The zero-order valence-electron chi connectivity index (χ0n) is 12.4. The third-order valence-corrected chi connectivity index (χ3v) is 3.98. The summed E-state index contributed by atoms with van der Waals surface area (Å²) in [6.07, 6.45) is 1.08. The Balaban J connectivity index is 2.34. The molecule has 0 spiro atoms. The third kappa shape index (κ3) is 3.31. The molecule has 0 radical (unpaired) electrons. The first-order valence-electron chi connectivity index (χ1n) is 6.94. The minimum Gasteiger partial charge on any atom is -0.309 e. The van der Waals surface area contributed by atoms with Gasteiger partial charge in [-0.3, -0.25) is 0 Å². The highest BCUT2D eigenvalue weighted by atomic mass is 79.9. The van der Waals surface area contributed by atoms with Crippen molar-refractivity contribution in [2.45, 2.75) is 33.2 Å². The molecule has 1 heterocycles. The molecule has 0 saturated heterocycles. The summed E-state index contributed by atoms with van der Waals surface area (Å²) < 4.78 is 2.63. The van der Waals surface area contributed by atoms with E-state index in [4.69, 9.17) is 5.26 Å². The number of hydrogen-bond acceptors (Lipinski definition) is 4. The van der Waals surface area contributed by atoms with Crippen molar-refractivity contribution in [3.63, 3.8) is 0 Å². The topological polar surface area (TPSA) is 66.5 Å². The molecule has 0 amide bonds. The molecule has 1 unspecified atom stereocenters. The Morgan fingerprint density at radius 1 is 1.48 bits per heavy atom. The molecular weight excluding hydrogens is 330 g/mol. The van der Waals surface area contributed by atoms with E-state index in [0.29, 0.717) is 5.56 Å². The van der Waals surface area contributed by atoms with Gasteiger partial charge in [-0.1, -0.05) is 12.1 Å². The van der Waals surface area contributed by atoms with Gasteiger partial charge < -0.3 is 5.32 Å². The highest BCUT2D eigenvalue weighted by Crippen LogP contribution is 2.25. The predicted molar refractivity (Wildman–Crippen MR) is 85.2 cm³/mol. The summed E-state index contributed by atoms with van der Waals surface area (Å²) in [6, 6.07) is 7.72. The SMILES string of the molecule is CCCNC(C)c1nnn(-c2ccc(C#N)cc2Br)c1C. The van der Waals surface area contributed by atoms with E-state index in [1.54, 1.807) is 16.8 Å². The molecule has 0 aliphatic rings. The van der Waals surface area contributed by atoms with Crippen LogP contribution in [0.3, 0.4) is 0 Å². The molecule has 110 valence electrons. The summed E-state index contributed by atoms with van der Waals surface area (Å²) in [4.78, 5) is 0. The van der Waals surface area contributed by atoms with Crippen LogP contribution in [0.25, 0.3) is 5.69 Å². The molecule has 6 heteroatoms. The maximum atomic E-state index is 8.92. The van der Waals surface area contributed by atoms with Gasteiger partial charge in [0.1, 0.15) is 5.69 Å². The van der Waals surface area contributed by atoms with E-state index in [9.17, 15) is 0 Å². The number of nitrogens with zero attached hydrogens (tertiary/aromatic N) is 4. The number of nitriles is 1. The molecule has 1 aromatic heterocycles. The van der Waals surface area contributed by atoms with Crippen molar-refractivity contribution in [2.24, 2.45) is 0 Å². The lowest BCUT2D eigenvalue weighted by Gasteiger charge is -2.12. The van der Waals surface area contributed by atoms with E-state index in [0.717, 1.165) is 34.5 Å².